The Labute approximate surface area is 111 Å². The summed E-state index contributed by atoms with van der Waals surface area (Å²) in [6.07, 6.45) is 3.53. The van der Waals surface area contributed by atoms with Crippen molar-refractivity contribution in [1.82, 2.24) is 14.9 Å². The van der Waals surface area contributed by atoms with Crippen molar-refractivity contribution in [3.05, 3.63) is 34.2 Å². The van der Waals surface area contributed by atoms with Gasteiger partial charge in [-0.1, -0.05) is 12.5 Å². The molecule has 3 rings (SSSR count). The Bertz CT molecular complexity index is 630. The number of nitrogens with zero attached hydrogens (tertiary/aromatic N) is 1. The molecule has 2 atom stereocenters. The number of H-pyrrole nitrogens is 2. The number of fused-ring (bicyclic) bond motifs is 1. The molecule has 1 aromatic heterocycles. The molecule has 5 nitrogen and oxygen atoms in total. The first-order chi connectivity index (χ1) is 9.13. The number of benzene rings is 1. The van der Waals surface area contributed by atoms with Crippen LogP contribution in [0.25, 0.3) is 11.0 Å². The van der Waals surface area contributed by atoms with Crippen LogP contribution in [0.1, 0.15) is 24.8 Å². The summed E-state index contributed by atoms with van der Waals surface area (Å²) in [5.74, 6) is 0. The van der Waals surface area contributed by atoms with E-state index in [1.165, 1.54) is 18.4 Å². The van der Waals surface area contributed by atoms with Crippen LogP contribution in [0.4, 0.5) is 0 Å². The Balaban J connectivity index is 1.78. The zero-order valence-corrected chi connectivity index (χ0v) is 11.1. The van der Waals surface area contributed by atoms with Crippen LogP contribution in [-0.4, -0.2) is 34.0 Å². The van der Waals surface area contributed by atoms with Gasteiger partial charge in [-0.05, 0) is 37.6 Å². The molecule has 4 N–H and O–H groups in total. The molecule has 1 aliphatic rings. The topological polar surface area (TPSA) is 77.9 Å². The van der Waals surface area contributed by atoms with Crippen LogP contribution in [0.3, 0.4) is 0 Å². The van der Waals surface area contributed by atoms with E-state index in [1.54, 1.807) is 0 Å². The molecule has 1 aliphatic carbocycles. The SMILES string of the molecule is CN(Cc1ccc2[nH]c(=O)[nH]c2c1)C1CCCC1N. The summed E-state index contributed by atoms with van der Waals surface area (Å²) in [6, 6.07) is 6.81. The van der Waals surface area contributed by atoms with Crippen molar-refractivity contribution >= 4 is 11.0 Å². The summed E-state index contributed by atoms with van der Waals surface area (Å²) < 4.78 is 0. The van der Waals surface area contributed by atoms with Crippen LogP contribution in [0.5, 0.6) is 0 Å². The first-order valence-corrected chi connectivity index (χ1v) is 6.80. The molecule has 1 saturated carbocycles. The second-order valence-corrected chi connectivity index (χ2v) is 5.54. The summed E-state index contributed by atoms with van der Waals surface area (Å²) in [5.41, 5.74) is 8.90. The summed E-state index contributed by atoms with van der Waals surface area (Å²) in [6.45, 7) is 0.863. The van der Waals surface area contributed by atoms with E-state index < -0.39 is 0 Å². The minimum Gasteiger partial charge on any atom is -0.326 e. The molecule has 102 valence electrons. The van der Waals surface area contributed by atoms with Crippen molar-refractivity contribution < 1.29 is 0 Å². The summed E-state index contributed by atoms with van der Waals surface area (Å²) >= 11 is 0. The Morgan fingerprint density at radius 1 is 1.32 bits per heavy atom. The minimum absolute atomic E-state index is 0.154. The number of aromatic amines is 2. The maximum atomic E-state index is 11.2. The van der Waals surface area contributed by atoms with Crippen LogP contribution in [-0.2, 0) is 6.54 Å². The highest BCUT2D eigenvalue weighted by Gasteiger charge is 2.27. The normalized spacial score (nSPS) is 23.5. The Hall–Kier alpha value is -1.59. The van der Waals surface area contributed by atoms with E-state index >= 15 is 0 Å². The van der Waals surface area contributed by atoms with Gasteiger partial charge in [0.05, 0.1) is 11.0 Å². The second kappa shape index (κ2) is 4.83. The molecule has 1 heterocycles. The van der Waals surface area contributed by atoms with Crippen molar-refractivity contribution in [2.75, 3.05) is 7.05 Å². The zero-order chi connectivity index (χ0) is 13.4. The van der Waals surface area contributed by atoms with Crippen molar-refractivity contribution in [3.8, 4) is 0 Å². The summed E-state index contributed by atoms with van der Waals surface area (Å²) in [7, 11) is 2.12. The van der Waals surface area contributed by atoms with Gasteiger partial charge in [-0.2, -0.15) is 0 Å². The first-order valence-electron chi connectivity index (χ1n) is 6.80. The van der Waals surface area contributed by atoms with E-state index in [9.17, 15) is 4.79 Å². The van der Waals surface area contributed by atoms with Gasteiger partial charge in [-0.25, -0.2) is 4.79 Å². The van der Waals surface area contributed by atoms with E-state index in [1.807, 2.05) is 12.1 Å². The van der Waals surface area contributed by atoms with Gasteiger partial charge in [0, 0.05) is 18.6 Å². The predicted molar refractivity (Wildman–Crippen MR) is 76.0 cm³/mol. The van der Waals surface area contributed by atoms with Gasteiger partial charge in [0.15, 0.2) is 0 Å². The quantitative estimate of drug-likeness (QED) is 0.775. The molecule has 0 bridgehead atoms. The van der Waals surface area contributed by atoms with Gasteiger partial charge >= 0.3 is 5.69 Å². The zero-order valence-electron chi connectivity index (χ0n) is 11.1. The lowest BCUT2D eigenvalue weighted by Gasteiger charge is -2.27. The summed E-state index contributed by atoms with van der Waals surface area (Å²) in [4.78, 5) is 19.1. The Kier molecular flexibility index (Phi) is 3.16. The molecule has 2 unspecified atom stereocenters. The number of likely N-dealkylation sites (N-methyl/N-ethyl adjacent to an activating group) is 1. The standard InChI is InChI=1S/C14H20N4O/c1-18(13-4-2-3-10(13)15)8-9-5-6-11-12(7-9)17-14(19)16-11/h5-7,10,13H,2-4,8,15H2,1H3,(H2,16,17,19). The van der Waals surface area contributed by atoms with Crippen molar-refractivity contribution in [3.63, 3.8) is 0 Å². The van der Waals surface area contributed by atoms with Gasteiger partial charge in [-0.3, -0.25) is 4.90 Å². The van der Waals surface area contributed by atoms with Gasteiger partial charge in [0.1, 0.15) is 0 Å². The number of rotatable bonds is 3. The van der Waals surface area contributed by atoms with Crippen LogP contribution in [0, 0.1) is 0 Å². The number of aromatic nitrogens is 2. The van der Waals surface area contributed by atoms with Gasteiger partial charge in [0.2, 0.25) is 0 Å². The molecular weight excluding hydrogens is 240 g/mol. The molecule has 19 heavy (non-hydrogen) atoms. The molecule has 2 aromatic rings. The fourth-order valence-electron chi connectivity index (χ4n) is 3.10. The third-order valence-corrected chi connectivity index (χ3v) is 4.11. The van der Waals surface area contributed by atoms with Crippen molar-refractivity contribution in [2.24, 2.45) is 5.73 Å². The number of nitrogens with two attached hydrogens (primary N) is 1. The van der Waals surface area contributed by atoms with Crippen LogP contribution >= 0.6 is 0 Å². The predicted octanol–water partition coefficient (Wildman–Crippen LogP) is 1.17. The van der Waals surface area contributed by atoms with E-state index in [0.717, 1.165) is 24.0 Å². The van der Waals surface area contributed by atoms with Crippen LogP contribution < -0.4 is 11.4 Å². The van der Waals surface area contributed by atoms with Gasteiger partial charge in [0.25, 0.3) is 0 Å². The fraction of sp³-hybridized carbons (Fsp3) is 0.500. The molecule has 0 saturated heterocycles. The summed E-state index contributed by atoms with van der Waals surface area (Å²) in [5, 5.41) is 0. The monoisotopic (exact) mass is 260 g/mol. The van der Waals surface area contributed by atoms with E-state index in [2.05, 4.69) is 28.0 Å². The maximum Gasteiger partial charge on any atom is 0.323 e. The lowest BCUT2D eigenvalue weighted by atomic mass is 10.1. The highest BCUT2D eigenvalue weighted by Crippen LogP contribution is 2.23. The highest BCUT2D eigenvalue weighted by atomic mass is 16.1. The molecule has 5 heteroatoms. The third-order valence-electron chi connectivity index (χ3n) is 4.11. The lowest BCUT2D eigenvalue weighted by molar-refractivity contribution is 0.220. The molecular formula is C14H20N4O. The van der Waals surface area contributed by atoms with Crippen molar-refractivity contribution in [1.29, 1.82) is 0 Å². The molecule has 0 radical (unpaired) electrons. The Morgan fingerprint density at radius 2 is 2.11 bits per heavy atom. The molecule has 0 aliphatic heterocycles. The fourth-order valence-corrected chi connectivity index (χ4v) is 3.10. The van der Waals surface area contributed by atoms with Gasteiger partial charge in [-0.15, -0.1) is 0 Å². The molecule has 1 fully saturated rings. The lowest BCUT2D eigenvalue weighted by Crippen LogP contribution is -2.41. The van der Waals surface area contributed by atoms with Gasteiger partial charge < -0.3 is 15.7 Å². The number of hydrogen-bond donors (Lipinski definition) is 3. The first kappa shape index (κ1) is 12.4. The Morgan fingerprint density at radius 3 is 2.84 bits per heavy atom. The largest absolute Gasteiger partial charge is 0.326 e. The van der Waals surface area contributed by atoms with E-state index in [4.69, 9.17) is 5.73 Å². The molecule has 0 spiro atoms. The number of hydrogen-bond acceptors (Lipinski definition) is 3. The second-order valence-electron chi connectivity index (χ2n) is 5.54. The van der Waals surface area contributed by atoms with Crippen LogP contribution in [0.15, 0.2) is 23.0 Å². The number of nitrogens with one attached hydrogen (secondary N) is 2. The average molecular weight is 260 g/mol. The van der Waals surface area contributed by atoms with E-state index in [-0.39, 0.29) is 5.69 Å². The third kappa shape index (κ3) is 2.43. The van der Waals surface area contributed by atoms with Crippen molar-refractivity contribution in [2.45, 2.75) is 37.9 Å². The maximum absolute atomic E-state index is 11.2. The average Bonchev–Trinajstić information content (AvgIpc) is 2.93. The number of imidazole rings is 1. The molecule has 0 amide bonds. The van der Waals surface area contributed by atoms with Crippen LogP contribution in [0.2, 0.25) is 0 Å². The highest BCUT2D eigenvalue weighted by molar-refractivity contribution is 5.74. The molecule has 1 aromatic carbocycles. The smallest absolute Gasteiger partial charge is 0.323 e. The minimum atomic E-state index is -0.154. The van der Waals surface area contributed by atoms with E-state index in [0.29, 0.717) is 12.1 Å².